The zero-order chi connectivity index (χ0) is 25.7. The lowest BCUT2D eigenvalue weighted by Gasteiger charge is -2.20. The second-order valence-electron chi connectivity index (χ2n) is 9.02. The van der Waals surface area contributed by atoms with E-state index in [1.807, 2.05) is 0 Å². The molecule has 10 heteroatoms. The zero-order valence-corrected chi connectivity index (χ0v) is 19.2. The van der Waals surface area contributed by atoms with Crippen LogP contribution in [0.4, 0.5) is 23.2 Å². The number of aromatic nitrogens is 1. The Bertz CT molecular complexity index is 1330. The Labute approximate surface area is 203 Å². The second-order valence-corrected chi connectivity index (χ2v) is 9.02. The molecule has 1 heterocycles. The maximum Gasteiger partial charge on any atom is 0.416 e. The lowest BCUT2D eigenvalue weighted by molar-refractivity contribution is -0.138. The van der Waals surface area contributed by atoms with E-state index < -0.39 is 29.1 Å². The van der Waals surface area contributed by atoms with E-state index in [9.17, 15) is 27.5 Å². The first-order valence-electron chi connectivity index (χ1n) is 11.3. The van der Waals surface area contributed by atoms with Gasteiger partial charge in [-0.3, -0.25) is 4.79 Å². The average Bonchev–Trinajstić information content (AvgIpc) is 3.76. The minimum Gasteiger partial charge on any atom is -0.481 e. The summed E-state index contributed by atoms with van der Waals surface area (Å²) >= 11 is 0. The molecule has 0 unspecified atom stereocenters. The summed E-state index contributed by atoms with van der Waals surface area (Å²) in [7, 11) is 1.39. The van der Waals surface area contributed by atoms with Gasteiger partial charge in [0, 0.05) is 23.5 Å². The maximum absolute atomic E-state index is 14.0. The van der Waals surface area contributed by atoms with Gasteiger partial charge in [-0.1, -0.05) is 0 Å². The molecule has 0 atom stereocenters. The molecular weight excluding hydrogens is 480 g/mol. The molecule has 0 bridgehead atoms. The van der Waals surface area contributed by atoms with Gasteiger partial charge in [-0.15, -0.1) is 0 Å². The summed E-state index contributed by atoms with van der Waals surface area (Å²) in [6.45, 7) is 0. The predicted molar refractivity (Wildman–Crippen MR) is 122 cm³/mol. The van der Waals surface area contributed by atoms with Crippen molar-refractivity contribution in [2.75, 3.05) is 12.4 Å². The van der Waals surface area contributed by atoms with Crippen molar-refractivity contribution in [3.05, 3.63) is 76.7 Å². The molecule has 2 saturated carbocycles. The van der Waals surface area contributed by atoms with Gasteiger partial charge in [0.15, 0.2) is 0 Å². The Balaban J connectivity index is 1.59. The summed E-state index contributed by atoms with van der Waals surface area (Å²) in [5.41, 5.74) is -2.07. The minimum atomic E-state index is -4.68. The average molecular weight is 502 g/mol. The molecule has 2 fully saturated rings. The van der Waals surface area contributed by atoms with E-state index in [4.69, 9.17) is 9.47 Å². The Hall–Kier alpha value is -3.66. The van der Waals surface area contributed by atoms with Gasteiger partial charge in [-0.2, -0.15) is 13.2 Å². The van der Waals surface area contributed by atoms with Crippen LogP contribution in [0.2, 0.25) is 0 Å². The first kappa shape index (κ1) is 24.1. The number of hydrogen-bond donors (Lipinski definition) is 2. The van der Waals surface area contributed by atoms with Crippen LogP contribution in [0, 0.1) is 5.82 Å². The summed E-state index contributed by atoms with van der Waals surface area (Å²) in [6, 6.07) is 8.45. The number of hydrogen-bond acceptors (Lipinski definition) is 5. The molecule has 2 aromatic carbocycles. The van der Waals surface area contributed by atoms with E-state index >= 15 is 0 Å². The van der Waals surface area contributed by atoms with E-state index in [0.29, 0.717) is 25.7 Å². The maximum atomic E-state index is 14.0. The van der Waals surface area contributed by atoms with Crippen LogP contribution in [0.15, 0.2) is 48.7 Å². The number of amides is 1. The number of carbonyl (C=O) groups excluding carboxylic acids is 1. The van der Waals surface area contributed by atoms with Gasteiger partial charge in [0.25, 0.3) is 5.91 Å². The number of aliphatic hydroxyl groups is 1. The number of nitrogens with zero attached hydrogens (tertiary/aromatic N) is 1. The lowest BCUT2D eigenvalue weighted by Crippen LogP contribution is -2.17. The SMILES string of the molecule is COc1cc(NC(=O)c2cc(C(F)(F)F)c(C3CC3)cc2Oc2ccc(F)cc2C2(O)CC2)ccn1. The molecule has 0 saturated heterocycles. The van der Waals surface area contributed by atoms with Crippen LogP contribution in [0.25, 0.3) is 0 Å². The van der Waals surface area contributed by atoms with E-state index in [1.165, 1.54) is 37.6 Å². The topological polar surface area (TPSA) is 80.7 Å². The fraction of sp³-hybridized carbons (Fsp3) is 0.308. The van der Waals surface area contributed by atoms with Gasteiger partial charge < -0.3 is 19.9 Å². The standard InChI is InChI=1S/C26H22F4N2O4/c1-35-23-11-16(6-9-31-23)32-24(33)18-12-19(26(28,29)30)17(14-2-3-14)13-22(18)36-21-5-4-15(27)10-20(21)25(34)7-8-25/h4-6,9-14,34H,2-3,7-8H2,1H3,(H,31,32,33). The Morgan fingerprint density at radius 1 is 1.11 bits per heavy atom. The number of pyridine rings is 1. The summed E-state index contributed by atoms with van der Waals surface area (Å²) in [5.74, 6) is -1.59. The van der Waals surface area contributed by atoms with Crippen LogP contribution in [0.3, 0.4) is 0 Å². The highest BCUT2D eigenvalue weighted by Gasteiger charge is 2.45. The Kier molecular flexibility index (Phi) is 5.86. The number of halogens is 4. The zero-order valence-electron chi connectivity index (χ0n) is 19.2. The van der Waals surface area contributed by atoms with Crippen molar-refractivity contribution < 1.29 is 36.9 Å². The van der Waals surface area contributed by atoms with E-state index in [1.54, 1.807) is 0 Å². The van der Waals surface area contributed by atoms with Crippen molar-refractivity contribution in [2.45, 2.75) is 43.4 Å². The third-order valence-corrected chi connectivity index (χ3v) is 6.31. The molecular formula is C26H22F4N2O4. The first-order chi connectivity index (χ1) is 17.1. The molecule has 6 nitrogen and oxygen atoms in total. The molecule has 2 N–H and O–H groups in total. The molecule has 5 rings (SSSR count). The molecule has 0 radical (unpaired) electrons. The van der Waals surface area contributed by atoms with Crippen LogP contribution >= 0.6 is 0 Å². The van der Waals surface area contributed by atoms with Gasteiger partial charge in [0.05, 0.1) is 23.8 Å². The molecule has 1 aromatic heterocycles. The first-order valence-corrected chi connectivity index (χ1v) is 11.3. The fourth-order valence-corrected chi connectivity index (χ4v) is 4.09. The van der Waals surface area contributed by atoms with E-state index in [2.05, 4.69) is 10.3 Å². The summed E-state index contributed by atoms with van der Waals surface area (Å²) < 4.78 is 66.8. The van der Waals surface area contributed by atoms with Crippen LogP contribution in [0.1, 0.15) is 58.6 Å². The minimum absolute atomic E-state index is 0.0356. The smallest absolute Gasteiger partial charge is 0.416 e. The predicted octanol–water partition coefficient (Wildman–Crippen LogP) is 6.15. The van der Waals surface area contributed by atoms with Crippen molar-refractivity contribution in [3.63, 3.8) is 0 Å². The molecule has 2 aliphatic carbocycles. The Morgan fingerprint density at radius 2 is 1.86 bits per heavy atom. The lowest BCUT2D eigenvalue weighted by atomic mass is 9.98. The van der Waals surface area contributed by atoms with Gasteiger partial charge in [0.2, 0.25) is 5.88 Å². The van der Waals surface area contributed by atoms with Gasteiger partial charge in [0.1, 0.15) is 17.3 Å². The second kappa shape index (κ2) is 8.77. The molecule has 2 aliphatic rings. The van der Waals surface area contributed by atoms with E-state index in [0.717, 1.165) is 18.2 Å². The quantitative estimate of drug-likeness (QED) is 0.379. The molecule has 1 amide bonds. The third kappa shape index (κ3) is 4.86. The number of rotatable bonds is 7. The summed E-state index contributed by atoms with van der Waals surface area (Å²) in [5, 5.41) is 13.2. The highest BCUT2D eigenvalue weighted by molar-refractivity contribution is 6.06. The van der Waals surface area contributed by atoms with Crippen molar-refractivity contribution in [2.24, 2.45) is 0 Å². The number of alkyl halides is 3. The summed E-state index contributed by atoms with van der Waals surface area (Å²) in [4.78, 5) is 17.2. The van der Waals surface area contributed by atoms with Crippen molar-refractivity contribution >= 4 is 11.6 Å². The Morgan fingerprint density at radius 3 is 2.50 bits per heavy atom. The number of methoxy groups -OCH3 is 1. The normalized spacial score (nSPS) is 16.4. The molecule has 0 aliphatic heterocycles. The molecule has 0 spiro atoms. The van der Waals surface area contributed by atoms with Crippen LogP contribution in [0.5, 0.6) is 17.4 Å². The van der Waals surface area contributed by atoms with Crippen molar-refractivity contribution in [1.82, 2.24) is 4.98 Å². The monoisotopic (exact) mass is 502 g/mol. The van der Waals surface area contributed by atoms with Crippen LogP contribution < -0.4 is 14.8 Å². The highest BCUT2D eigenvalue weighted by Crippen LogP contribution is 2.51. The van der Waals surface area contributed by atoms with Crippen molar-refractivity contribution in [3.8, 4) is 17.4 Å². The summed E-state index contributed by atoms with van der Waals surface area (Å²) in [6.07, 6.45) is -1.34. The van der Waals surface area contributed by atoms with Crippen LogP contribution in [-0.2, 0) is 11.8 Å². The molecule has 36 heavy (non-hydrogen) atoms. The number of ether oxygens (including phenoxy) is 2. The van der Waals surface area contributed by atoms with Gasteiger partial charge in [-0.05, 0) is 73.6 Å². The van der Waals surface area contributed by atoms with Crippen LogP contribution in [-0.4, -0.2) is 23.1 Å². The number of anilines is 1. The highest BCUT2D eigenvalue weighted by atomic mass is 19.4. The van der Waals surface area contributed by atoms with Gasteiger partial charge in [-0.25, -0.2) is 9.37 Å². The molecule has 188 valence electrons. The third-order valence-electron chi connectivity index (χ3n) is 6.31. The fourth-order valence-electron chi connectivity index (χ4n) is 4.09. The molecule has 3 aromatic rings. The number of benzene rings is 2. The van der Waals surface area contributed by atoms with Crippen molar-refractivity contribution in [1.29, 1.82) is 0 Å². The van der Waals surface area contributed by atoms with E-state index in [-0.39, 0.29) is 45.7 Å². The number of carbonyl (C=O) groups is 1. The largest absolute Gasteiger partial charge is 0.481 e. The van der Waals surface area contributed by atoms with Gasteiger partial charge >= 0.3 is 6.18 Å². The number of nitrogens with one attached hydrogen (secondary N) is 1.